The number of para-hydroxylation sites is 1. The zero-order valence-corrected chi connectivity index (χ0v) is 12.1. The standard InChI is InChI=1S/C14H14N4OS/c1-3-18-10-6-4-5-7-12(10)20-14(18)16-13(19)11-8-9-15-17(11)2/h4-9H,3H2,1-2H3. The predicted molar refractivity (Wildman–Crippen MR) is 78.6 cm³/mol. The Bertz CT molecular complexity index is 840. The summed E-state index contributed by atoms with van der Waals surface area (Å²) in [6, 6.07) is 9.75. The minimum absolute atomic E-state index is 0.265. The van der Waals surface area contributed by atoms with E-state index in [1.165, 1.54) is 16.0 Å². The van der Waals surface area contributed by atoms with E-state index >= 15 is 0 Å². The van der Waals surface area contributed by atoms with Gasteiger partial charge in [-0.1, -0.05) is 23.5 Å². The summed E-state index contributed by atoms with van der Waals surface area (Å²) in [5, 5.41) is 4.00. The van der Waals surface area contributed by atoms with Gasteiger partial charge in [0.15, 0.2) is 4.80 Å². The molecule has 0 spiro atoms. The first-order valence-electron chi connectivity index (χ1n) is 6.36. The number of fused-ring (bicyclic) bond motifs is 1. The van der Waals surface area contributed by atoms with Crippen LogP contribution in [0.15, 0.2) is 41.5 Å². The first-order chi connectivity index (χ1) is 9.70. The number of aryl methyl sites for hydroxylation is 2. The van der Waals surface area contributed by atoms with Gasteiger partial charge >= 0.3 is 0 Å². The van der Waals surface area contributed by atoms with Crippen LogP contribution in [0.2, 0.25) is 0 Å². The normalized spacial score (nSPS) is 12.2. The summed E-state index contributed by atoms with van der Waals surface area (Å²) in [5.41, 5.74) is 1.60. The predicted octanol–water partition coefficient (Wildman–Crippen LogP) is 2.20. The number of hydrogen-bond acceptors (Lipinski definition) is 3. The Morgan fingerprint density at radius 3 is 2.85 bits per heavy atom. The van der Waals surface area contributed by atoms with Crippen molar-refractivity contribution in [2.75, 3.05) is 0 Å². The topological polar surface area (TPSA) is 52.2 Å². The quantitative estimate of drug-likeness (QED) is 0.725. The maximum absolute atomic E-state index is 12.2. The molecule has 0 N–H and O–H groups in total. The summed E-state index contributed by atoms with van der Waals surface area (Å²) in [6.07, 6.45) is 1.60. The molecule has 2 aromatic heterocycles. The molecule has 0 aliphatic heterocycles. The van der Waals surface area contributed by atoms with Crippen LogP contribution in [0.3, 0.4) is 0 Å². The average molecular weight is 286 g/mol. The van der Waals surface area contributed by atoms with Crippen LogP contribution in [0.4, 0.5) is 0 Å². The molecule has 5 nitrogen and oxygen atoms in total. The lowest BCUT2D eigenvalue weighted by Gasteiger charge is -1.99. The molecule has 3 rings (SSSR count). The van der Waals surface area contributed by atoms with Crippen LogP contribution >= 0.6 is 11.3 Å². The summed E-state index contributed by atoms with van der Waals surface area (Å²) < 4.78 is 4.72. The Labute approximate surface area is 119 Å². The molecule has 0 saturated heterocycles. The SMILES string of the molecule is CCn1c(=NC(=O)c2ccnn2C)sc2ccccc21. The number of thiazole rings is 1. The van der Waals surface area contributed by atoms with Crippen molar-refractivity contribution in [1.29, 1.82) is 0 Å². The van der Waals surface area contributed by atoms with E-state index in [0.29, 0.717) is 5.69 Å². The Hall–Kier alpha value is -2.21. The monoisotopic (exact) mass is 286 g/mol. The third-order valence-electron chi connectivity index (χ3n) is 3.14. The number of rotatable bonds is 2. The van der Waals surface area contributed by atoms with Crippen LogP contribution in [-0.2, 0) is 13.6 Å². The van der Waals surface area contributed by atoms with Crippen LogP contribution in [0.5, 0.6) is 0 Å². The fourth-order valence-corrected chi connectivity index (χ4v) is 3.23. The van der Waals surface area contributed by atoms with Crippen LogP contribution < -0.4 is 4.80 Å². The molecule has 6 heteroatoms. The molecule has 0 saturated carbocycles. The minimum atomic E-state index is -0.265. The largest absolute Gasteiger partial charge is 0.317 e. The van der Waals surface area contributed by atoms with Gasteiger partial charge < -0.3 is 4.57 Å². The molecule has 0 atom stereocenters. The van der Waals surface area contributed by atoms with Gasteiger partial charge in [-0.15, -0.1) is 0 Å². The molecule has 20 heavy (non-hydrogen) atoms. The number of amides is 1. The molecule has 1 amide bonds. The van der Waals surface area contributed by atoms with Crippen molar-refractivity contribution in [1.82, 2.24) is 14.3 Å². The van der Waals surface area contributed by atoms with Gasteiger partial charge in [-0.2, -0.15) is 10.1 Å². The zero-order chi connectivity index (χ0) is 14.1. The van der Waals surface area contributed by atoms with E-state index in [1.54, 1.807) is 19.3 Å². The van der Waals surface area contributed by atoms with E-state index in [2.05, 4.69) is 10.1 Å². The summed E-state index contributed by atoms with van der Waals surface area (Å²) >= 11 is 1.53. The third kappa shape index (κ3) is 2.08. The van der Waals surface area contributed by atoms with Crippen molar-refractivity contribution in [3.63, 3.8) is 0 Å². The van der Waals surface area contributed by atoms with E-state index in [4.69, 9.17) is 0 Å². The first-order valence-corrected chi connectivity index (χ1v) is 7.18. The summed E-state index contributed by atoms with van der Waals surface area (Å²) in [5.74, 6) is -0.265. The molecule has 2 heterocycles. The lowest BCUT2D eigenvalue weighted by molar-refractivity contribution is 0.0989. The zero-order valence-electron chi connectivity index (χ0n) is 11.3. The Kier molecular flexibility index (Phi) is 3.23. The van der Waals surface area contributed by atoms with Crippen molar-refractivity contribution in [2.45, 2.75) is 13.5 Å². The van der Waals surface area contributed by atoms with Gasteiger partial charge in [-0.3, -0.25) is 9.48 Å². The van der Waals surface area contributed by atoms with E-state index in [-0.39, 0.29) is 5.91 Å². The highest BCUT2D eigenvalue weighted by atomic mass is 32.1. The van der Waals surface area contributed by atoms with Crippen LogP contribution in [0.25, 0.3) is 10.2 Å². The molecule has 1 aromatic carbocycles. The third-order valence-corrected chi connectivity index (χ3v) is 4.20. The summed E-state index contributed by atoms with van der Waals surface area (Å²) in [4.78, 5) is 17.2. The summed E-state index contributed by atoms with van der Waals surface area (Å²) in [7, 11) is 1.74. The van der Waals surface area contributed by atoms with E-state index in [0.717, 1.165) is 21.6 Å². The lowest BCUT2D eigenvalue weighted by atomic mass is 10.3. The second kappa shape index (κ2) is 5.05. The molecule has 0 radical (unpaired) electrons. The molecule has 3 aromatic rings. The molecule has 102 valence electrons. The first kappa shape index (κ1) is 12.8. The van der Waals surface area contributed by atoms with Crippen LogP contribution in [-0.4, -0.2) is 20.3 Å². The molecular formula is C14H14N4OS. The number of hydrogen-bond donors (Lipinski definition) is 0. The minimum Gasteiger partial charge on any atom is -0.317 e. The maximum atomic E-state index is 12.2. The number of nitrogens with zero attached hydrogens (tertiary/aromatic N) is 4. The Morgan fingerprint density at radius 2 is 2.15 bits per heavy atom. The average Bonchev–Trinajstić information content (AvgIpc) is 3.01. The van der Waals surface area contributed by atoms with Crippen molar-refractivity contribution < 1.29 is 4.79 Å². The van der Waals surface area contributed by atoms with Gasteiger partial charge in [0.1, 0.15) is 5.69 Å². The fraction of sp³-hybridized carbons (Fsp3) is 0.214. The van der Waals surface area contributed by atoms with Crippen molar-refractivity contribution >= 4 is 27.5 Å². The molecule has 0 aliphatic rings. The summed E-state index contributed by atoms with van der Waals surface area (Å²) in [6.45, 7) is 2.83. The van der Waals surface area contributed by atoms with Gasteiger partial charge in [0.05, 0.1) is 10.2 Å². The van der Waals surface area contributed by atoms with Crippen molar-refractivity contribution in [3.8, 4) is 0 Å². The molecule has 0 unspecified atom stereocenters. The highest BCUT2D eigenvalue weighted by molar-refractivity contribution is 7.16. The number of carbonyl (C=O) groups excluding carboxylic acids is 1. The molecule has 0 fully saturated rings. The fourth-order valence-electron chi connectivity index (χ4n) is 2.14. The second-order valence-electron chi connectivity index (χ2n) is 4.35. The smallest absolute Gasteiger partial charge is 0.297 e. The van der Waals surface area contributed by atoms with Gasteiger partial charge in [-0.05, 0) is 25.1 Å². The molecule has 0 bridgehead atoms. The van der Waals surface area contributed by atoms with Gasteiger partial charge in [-0.25, -0.2) is 0 Å². The number of benzene rings is 1. The second-order valence-corrected chi connectivity index (χ2v) is 5.36. The van der Waals surface area contributed by atoms with Gasteiger partial charge in [0.2, 0.25) is 0 Å². The van der Waals surface area contributed by atoms with Crippen LogP contribution in [0.1, 0.15) is 17.4 Å². The highest BCUT2D eigenvalue weighted by Crippen LogP contribution is 2.16. The Balaban J connectivity index is 2.16. The van der Waals surface area contributed by atoms with E-state index < -0.39 is 0 Å². The van der Waals surface area contributed by atoms with E-state index in [1.807, 2.05) is 35.8 Å². The highest BCUT2D eigenvalue weighted by Gasteiger charge is 2.10. The van der Waals surface area contributed by atoms with Gasteiger partial charge in [0, 0.05) is 19.8 Å². The number of aromatic nitrogens is 3. The van der Waals surface area contributed by atoms with Gasteiger partial charge in [0.25, 0.3) is 5.91 Å². The van der Waals surface area contributed by atoms with Crippen LogP contribution in [0, 0.1) is 0 Å². The maximum Gasteiger partial charge on any atom is 0.297 e. The lowest BCUT2D eigenvalue weighted by Crippen LogP contribution is -2.17. The van der Waals surface area contributed by atoms with Crippen molar-refractivity contribution in [2.24, 2.45) is 12.0 Å². The molecule has 0 aliphatic carbocycles. The van der Waals surface area contributed by atoms with Crippen molar-refractivity contribution in [3.05, 3.63) is 47.0 Å². The Morgan fingerprint density at radius 1 is 1.35 bits per heavy atom. The number of carbonyl (C=O) groups is 1. The molecular weight excluding hydrogens is 272 g/mol. The van der Waals surface area contributed by atoms with E-state index in [9.17, 15) is 4.79 Å².